The summed E-state index contributed by atoms with van der Waals surface area (Å²) in [7, 11) is 0. The second-order valence-electron chi connectivity index (χ2n) is 6.31. The van der Waals surface area contributed by atoms with Crippen molar-refractivity contribution >= 4 is 5.91 Å². The van der Waals surface area contributed by atoms with Gasteiger partial charge in [0.2, 0.25) is 5.91 Å². The van der Waals surface area contributed by atoms with Gasteiger partial charge in [-0.05, 0) is 50.8 Å². The Bertz CT molecular complexity index is 467. The van der Waals surface area contributed by atoms with Crippen molar-refractivity contribution < 1.29 is 9.53 Å². The van der Waals surface area contributed by atoms with E-state index >= 15 is 0 Å². The number of hydrogen-bond donors (Lipinski definition) is 1. The van der Waals surface area contributed by atoms with E-state index in [2.05, 4.69) is 29.6 Å². The SMILES string of the molecule is O=C(COC1CCNCC1)N(CCc1ccccc1)C1CC1. The van der Waals surface area contributed by atoms with E-state index in [4.69, 9.17) is 4.74 Å². The van der Waals surface area contributed by atoms with Gasteiger partial charge in [0.05, 0.1) is 6.10 Å². The first-order chi connectivity index (χ1) is 10.8. The maximum absolute atomic E-state index is 12.5. The molecule has 1 amide bonds. The van der Waals surface area contributed by atoms with Crippen LogP contribution in [0.15, 0.2) is 30.3 Å². The molecule has 0 atom stereocenters. The average Bonchev–Trinajstić information content (AvgIpc) is 3.40. The first-order valence-corrected chi connectivity index (χ1v) is 8.48. The van der Waals surface area contributed by atoms with E-state index < -0.39 is 0 Å². The zero-order valence-electron chi connectivity index (χ0n) is 13.2. The molecule has 1 saturated heterocycles. The van der Waals surface area contributed by atoms with Crippen molar-refractivity contribution in [2.45, 2.75) is 44.2 Å². The number of carbonyl (C=O) groups excluding carboxylic acids is 1. The predicted octanol–water partition coefficient (Wildman–Crippen LogP) is 1.99. The summed E-state index contributed by atoms with van der Waals surface area (Å²) in [6, 6.07) is 10.8. The number of amides is 1. The molecular weight excluding hydrogens is 276 g/mol. The van der Waals surface area contributed by atoms with Crippen LogP contribution in [0.5, 0.6) is 0 Å². The third-order valence-corrected chi connectivity index (χ3v) is 4.52. The fourth-order valence-electron chi connectivity index (χ4n) is 3.03. The Kier molecular flexibility index (Phi) is 5.46. The molecule has 2 fully saturated rings. The van der Waals surface area contributed by atoms with Crippen LogP contribution in [-0.2, 0) is 16.0 Å². The Morgan fingerprint density at radius 3 is 2.55 bits per heavy atom. The highest BCUT2D eigenvalue weighted by molar-refractivity contribution is 5.78. The molecule has 1 aromatic carbocycles. The first kappa shape index (κ1) is 15.5. The van der Waals surface area contributed by atoms with Gasteiger partial charge in [-0.25, -0.2) is 0 Å². The maximum Gasteiger partial charge on any atom is 0.248 e. The summed E-state index contributed by atoms with van der Waals surface area (Å²) in [6.07, 6.45) is 5.50. The van der Waals surface area contributed by atoms with Crippen LogP contribution in [-0.4, -0.2) is 49.2 Å². The van der Waals surface area contributed by atoms with Crippen molar-refractivity contribution in [2.75, 3.05) is 26.2 Å². The Labute approximate surface area is 132 Å². The summed E-state index contributed by atoms with van der Waals surface area (Å²) in [6.45, 7) is 3.05. The van der Waals surface area contributed by atoms with Gasteiger partial charge >= 0.3 is 0 Å². The van der Waals surface area contributed by atoms with Crippen LogP contribution in [0.25, 0.3) is 0 Å². The van der Waals surface area contributed by atoms with Crippen molar-refractivity contribution in [3.63, 3.8) is 0 Å². The maximum atomic E-state index is 12.5. The normalized spacial score (nSPS) is 19.1. The summed E-state index contributed by atoms with van der Waals surface area (Å²) in [4.78, 5) is 14.5. The molecule has 120 valence electrons. The van der Waals surface area contributed by atoms with Crippen LogP contribution in [0, 0.1) is 0 Å². The molecule has 0 aromatic heterocycles. The van der Waals surface area contributed by atoms with E-state index in [1.54, 1.807) is 0 Å². The van der Waals surface area contributed by atoms with Crippen LogP contribution in [0.1, 0.15) is 31.2 Å². The highest BCUT2D eigenvalue weighted by atomic mass is 16.5. The third-order valence-electron chi connectivity index (χ3n) is 4.52. The Balaban J connectivity index is 1.46. The number of piperidine rings is 1. The summed E-state index contributed by atoms with van der Waals surface area (Å²) >= 11 is 0. The monoisotopic (exact) mass is 302 g/mol. The Morgan fingerprint density at radius 2 is 1.86 bits per heavy atom. The van der Waals surface area contributed by atoms with E-state index in [1.165, 1.54) is 5.56 Å². The van der Waals surface area contributed by atoms with Gasteiger partial charge in [-0.3, -0.25) is 4.79 Å². The van der Waals surface area contributed by atoms with Gasteiger partial charge in [0.25, 0.3) is 0 Å². The quantitative estimate of drug-likeness (QED) is 0.837. The van der Waals surface area contributed by atoms with Gasteiger partial charge in [-0.2, -0.15) is 0 Å². The summed E-state index contributed by atoms with van der Waals surface area (Å²) in [5.74, 6) is 0.164. The lowest BCUT2D eigenvalue weighted by Crippen LogP contribution is -2.40. The minimum atomic E-state index is 0.164. The molecule has 1 aliphatic heterocycles. The minimum absolute atomic E-state index is 0.164. The van der Waals surface area contributed by atoms with Gasteiger partial charge in [-0.15, -0.1) is 0 Å². The lowest BCUT2D eigenvalue weighted by Gasteiger charge is -2.26. The van der Waals surface area contributed by atoms with Gasteiger partial charge in [0.15, 0.2) is 0 Å². The number of hydrogen-bond acceptors (Lipinski definition) is 3. The highest BCUT2D eigenvalue weighted by Gasteiger charge is 2.32. The molecule has 0 radical (unpaired) electrons. The summed E-state index contributed by atoms with van der Waals surface area (Å²) in [5.41, 5.74) is 1.29. The van der Waals surface area contributed by atoms with E-state index in [0.717, 1.165) is 51.7 Å². The molecule has 1 aromatic rings. The second-order valence-corrected chi connectivity index (χ2v) is 6.31. The van der Waals surface area contributed by atoms with Gasteiger partial charge in [0, 0.05) is 12.6 Å². The topological polar surface area (TPSA) is 41.6 Å². The van der Waals surface area contributed by atoms with Crippen LogP contribution in [0.4, 0.5) is 0 Å². The lowest BCUT2D eigenvalue weighted by molar-refractivity contribution is -0.139. The van der Waals surface area contributed by atoms with E-state index in [-0.39, 0.29) is 18.6 Å². The van der Waals surface area contributed by atoms with Gasteiger partial charge in [0.1, 0.15) is 6.61 Å². The molecule has 1 aliphatic carbocycles. The minimum Gasteiger partial charge on any atom is -0.368 e. The van der Waals surface area contributed by atoms with Crippen molar-refractivity contribution in [1.29, 1.82) is 0 Å². The van der Waals surface area contributed by atoms with Crippen molar-refractivity contribution in [3.8, 4) is 0 Å². The van der Waals surface area contributed by atoms with Crippen LogP contribution in [0.2, 0.25) is 0 Å². The number of carbonyl (C=O) groups is 1. The molecular formula is C18H26N2O2. The van der Waals surface area contributed by atoms with Crippen LogP contribution >= 0.6 is 0 Å². The van der Waals surface area contributed by atoms with Gasteiger partial charge < -0.3 is 15.0 Å². The van der Waals surface area contributed by atoms with Crippen LogP contribution in [0.3, 0.4) is 0 Å². The van der Waals surface area contributed by atoms with Crippen molar-refractivity contribution in [1.82, 2.24) is 10.2 Å². The summed E-state index contributed by atoms with van der Waals surface area (Å²) in [5, 5.41) is 3.32. The molecule has 3 rings (SSSR count). The summed E-state index contributed by atoms with van der Waals surface area (Å²) < 4.78 is 5.82. The first-order valence-electron chi connectivity index (χ1n) is 8.48. The third kappa shape index (κ3) is 4.55. The molecule has 0 spiro atoms. The fraction of sp³-hybridized carbons (Fsp3) is 0.611. The second kappa shape index (κ2) is 7.75. The van der Waals surface area contributed by atoms with Crippen LogP contribution < -0.4 is 5.32 Å². The number of benzene rings is 1. The molecule has 4 nitrogen and oxygen atoms in total. The molecule has 4 heteroatoms. The number of rotatable bonds is 7. The molecule has 0 bridgehead atoms. The highest BCUT2D eigenvalue weighted by Crippen LogP contribution is 2.27. The van der Waals surface area contributed by atoms with E-state index in [0.29, 0.717) is 6.04 Å². The molecule has 22 heavy (non-hydrogen) atoms. The van der Waals surface area contributed by atoms with Crippen molar-refractivity contribution in [3.05, 3.63) is 35.9 Å². The molecule has 1 saturated carbocycles. The largest absolute Gasteiger partial charge is 0.368 e. The van der Waals surface area contributed by atoms with Gasteiger partial charge in [-0.1, -0.05) is 30.3 Å². The lowest BCUT2D eigenvalue weighted by atomic mass is 10.1. The number of nitrogens with zero attached hydrogens (tertiary/aromatic N) is 1. The average molecular weight is 302 g/mol. The molecule has 2 aliphatic rings. The zero-order valence-corrected chi connectivity index (χ0v) is 13.2. The Morgan fingerprint density at radius 1 is 1.14 bits per heavy atom. The predicted molar refractivity (Wildman–Crippen MR) is 86.7 cm³/mol. The standard InChI is InChI=1S/C18H26N2O2/c21-18(14-22-17-8-11-19-12-9-17)20(16-6-7-16)13-10-15-4-2-1-3-5-15/h1-5,16-17,19H,6-14H2. The molecule has 1 heterocycles. The smallest absolute Gasteiger partial charge is 0.248 e. The Hall–Kier alpha value is -1.39. The zero-order chi connectivity index (χ0) is 15.2. The van der Waals surface area contributed by atoms with E-state index in [1.807, 2.05) is 11.0 Å². The van der Waals surface area contributed by atoms with Crippen molar-refractivity contribution in [2.24, 2.45) is 0 Å². The number of nitrogens with one attached hydrogen (secondary N) is 1. The molecule has 1 N–H and O–H groups in total. The fourth-order valence-corrected chi connectivity index (χ4v) is 3.03. The van der Waals surface area contributed by atoms with E-state index in [9.17, 15) is 4.79 Å². The number of ether oxygens (including phenoxy) is 1. The molecule has 0 unspecified atom stereocenters.